The van der Waals surface area contributed by atoms with E-state index in [0.29, 0.717) is 22.2 Å². The molecule has 2 aromatic carbocycles. The summed E-state index contributed by atoms with van der Waals surface area (Å²) < 4.78 is 48.0. The van der Waals surface area contributed by atoms with Gasteiger partial charge in [0.25, 0.3) is 0 Å². The van der Waals surface area contributed by atoms with Crippen molar-refractivity contribution in [1.82, 2.24) is 14.5 Å². The Morgan fingerprint density at radius 3 is 2.69 bits per heavy atom. The summed E-state index contributed by atoms with van der Waals surface area (Å²) in [6, 6.07) is 5.63. The van der Waals surface area contributed by atoms with E-state index in [4.69, 9.17) is 10.5 Å². The zero-order valence-electron chi connectivity index (χ0n) is 15.2. The molecule has 0 spiro atoms. The monoisotopic (exact) mass is 421 g/mol. The van der Waals surface area contributed by atoms with Crippen molar-refractivity contribution in [2.24, 2.45) is 12.8 Å². The molecular formula is C18H14F3N5O2S. The number of aryl methyl sites for hydroxylation is 1. The van der Waals surface area contributed by atoms with Gasteiger partial charge in [0.15, 0.2) is 10.9 Å². The number of hydrogen-bond acceptors (Lipinski definition) is 6. The molecule has 0 fully saturated rings. The molecule has 11 heteroatoms. The lowest BCUT2D eigenvalue weighted by molar-refractivity contribution is -0.138. The molecule has 0 saturated carbocycles. The predicted octanol–water partition coefficient (Wildman–Crippen LogP) is 4.05. The maximum absolute atomic E-state index is 13.5. The van der Waals surface area contributed by atoms with Crippen LogP contribution in [-0.2, 0) is 13.2 Å². The molecular weight excluding hydrogens is 407 g/mol. The number of aromatic nitrogens is 3. The Morgan fingerprint density at radius 2 is 2.03 bits per heavy atom. The maximum Gasteiger partial charge on any atom is 0.420 e. The second-order valence-electron chi connectivity index (χ2n) is 6.25. The number of imidazole rings is 1. The first-order chi connectivity index (χ1) is 13.7. The van der Waals surface area contributed by atoms with Gasteiger partial charge in [-0.15, -0.1) is 0 Å². The van der Waals surface area contributed by atoms with Crippen molar-refractivity contribution in [3.63, 3.8) is 0 Å². The fourth-order valence-electron chi connectivity index (χ4n) is 3.05. The van der Waals surface area contributed by atoms with Gasteiger partial charge in [-0.3, -0.25) is 4.79 Å². The summed E-state index contributed by atoms with van der Waals surface area (Å²) in [5.74, 6) is -1.44. The van der Waals surface area contributed by atoms with Crippen LogP contribution in [0, 0.1) is 0 Å². The number of benzene rings is 2. The number of fused-ring (bicyclic) bond motifs is 3. The predicted molar refractivity (Wildman–Crippen MR) is 104 cm³/mol. The van der Waals surface area contributed by atoms with Gasteiger partial charge in [0.2, 0.25) is 5.91 Å². The molecule has 4 aromatic rings. The van der Waals surface area contributed by atoms with Crippen LogP contribution >= 0.6 is 11.3 Å². The molecule has 0 aliphatic rings. The molecule has 2 heterocycles. The largest absolute Gasteiger partial charge is 0.494 e. The van der Waals surface area contributed by atoms with Crippen LogP contribution in [0.4, 0.5) is 24.0 Å². The average molecular weight is 421 g/mol. The normalized spacial score (nSPS) is 11.9. The quantitative estimate of drug-likeness (QED) is 0.518. The van der Waals surface area contributed by atoms with Gasteiger partial charge in [0.1, 0.15) is 16.6 Å². The zero-order valence-corrected chi connectivity index (χ0v) is 16.0. The molecule has 0 aliphatic heterocycles. The molecule has 4 rings (SSSR count). The van der Waals surface area contributed by atoms with Crippen LogP contribution < -0.4 is 15.8 Å². The zero-order chi connectivity index (χ0) is 20.9. The Kier molecular flexibility index (Phi) is 4.34. The van der Waals surface area contributed by atoms with Gasteiger partial charge < -0.3 is 20.4 Å². The van der Waals surface area contributed by atoms with E-state index >= 15 is 0 Å². The molecule has 150 valence electrons. The molecule has 0 saturated heterocycles. The summed E-state index contributed by atoms with van der Waals surface area (Å²) in [4.78, 5) is 20.3. The molecule has 29 heavy (non-hydrogen) atoms. The fourth-order valence-corrected chi connectivity index (χ4v) is 3.93. The van der Waals surface area contributed by atoms with Crippen LogP contribution in [0.25, 0.3) is 21.3 Å². The molecule has 0 bridgehead atoms. The maximum atomic E-state index is 13.5. The van der Waals surface area contributed by atoms with Crippen LogP contribution in [0.1, 0.15) is 15.9 Å². The highest BCUT2D eigenvalue weighted by Gasteiger charge is 2.36. The van der Waals surface area contributed by atoms with E-state index in [-0.39, 0.29) is 11.3 Å². The first kappa shape index (κ1) is 19.0. The second-order valence-corrected chi connectivity index (χ2v) is 7.28. The van der Waals surface area contributed by atoms with E-state index in [1.165, 1.54) is 17.4 Å². The topological polar surface area (TPSA) is 95.1 Å². The van der Waals surface area contributed by atoms with Gasteiger partial charge in [-0.2, -0.15) is 13.2 Å². The van der Waals surface area contributed by atoms with Crippen LogP contribution in [0.5, 0.6) is 5.75 Å². The van der Waals surface area contributed by atoms with E-state index in [9.17, 15) is 18.0 Å². The van der Waals surface area contributed by atoms with Gasteiger partial charge >= 0.3 is 6.18 Å². The number of hydrogen-bond donors (Lipinski definition) is 2. The van der Waals surface area contributed by atoms with Crippen molar-refractivity contribution in [2.45, 2.75) is 6.18 Å². The lowest BCUT2D eigenvalue weighted by Crippen LogP contribution is -2.15. The number of anilines is 2. The first-order valence-corrected chi connectivity index (χ1v) is 9.07. The molecule has 0 radical (unpaired) electrons. The summed E-state index contributed by atoms with van der Waals surface area (Å²) in [6.07, 6.45) is -3.08. The smallest absolute Gasteiger partial charge is 0.420 e. The highest BCUT2D eigenvalue weighted by molar-refractivity contribution is 7.22. The van der Waals surface area contributed by atoms with Crippen LogP contribution in [-0.4, -0.2) is 27.6 Å². The van der Waals surface area contributed by atoms with Crippen molar-refractivity contribution >= 4 is 49.3 Å². The molecule has 2 aromatic heterocycles. The van der Waals surface area contributed by atoms with Gasteiger partial charge in [0.05, 0.1) is 29.3 Å². The summed E-state index contributed by atoms with van der Waals surface area (Å²) in [5, 5.41) is 3.16. The molecule has 0 unspecified atom stereocenters. The summed E-state index contributed by atoms with van der Waals surface area (Å²) in [6.45, 7) is 0. The lowest BCUT2D eigenvalue weighted by Gasteiger charge is -2.17. The number of carbonyl (C=O) groups excluding carboxylic acids is 1. The van der Waals surface area contributed by atoms with Crippen molar-refractivity contribution in [1.29, 1.82) is 0 Å². The number of halogens is 3. The third-order valence-corrected chi connectivity index (χ3v) is 5.31. The van der Waals surface area contributed by atoms with Gasteiger partial charge in [-0.25, -0.2) is 9.97 Å². The first-order valence-electron chi connectivity index (χ1n) is 8.25. The molecule has 0 atom stereocenters. The lowest BCUT2D eigenvalue weighted by atomic mass is 10.1. The Bertz CT molecular complexity index is 1260. The molecule has 7 nitrogen and oxygen atoms in total. The van der Waals surface area contributed by atoms with Gasteiger partial charge in [-0.1, -0.05) is 11.3 Å². The minimum absolute atomic E-state index is 0.0626. The standard InChI is InChI=1S/C18H14F3N5O2S/c1-26-7-23-13-11(26)3-4-12-14(13)25-17(29-12)24-10-6-8(16(22)27)5-9(15(10)28-2)18(19,20)21/h3-7H,1-2H3,(H2,22,27)(H,24,25). The number of alkyl halides is 3. The summed E-state index contributed by atoms with van der Waals surface area (Å²) >= 11 is 1.24. The highest BCUT2D eigenvalue weighted by atomic mass is 32.1. The molecule has 3 N–H and O–H groups in total. The van der Waals surface area contributed by atoms with E-state index in [1.807, 2.05) is 23.7 Å². The third-order valence-electron chi connectivity index (χ3n) is 4.38. The Morgan fingerprint density at radius 1 is 1.28 bits per heavy atom. The minimum Gasteiger partial charge on any atom is -0.494 e. The van der Waals surface area contributed by atoms with Crippen molar-refractivity contribution in [3.8, 4) is 5.75 Å². The van der Waals surface area contributed by atoms with Crippen molar-refractivity contribution in [2.75, 3.05) is 12.4 Å². The van der Waals surface area contributed by atoms with Crippen LogP contribution in [0.15, 0.2) is 30.6 Å². The fraction of sp³-hybridized carbons (Fsp3) is 0.167. The van der Waals surface area contributed by atoms with Crippen molar-refractivity contribution < 1.29 is 22.7 Å². The number of nitrogens with zero attached hydrogens (tertiary/aromatic N) is 3. The minimum atomic E-state index is -4.74. The number of amides is 1. The Hall–Kier alpha value is -3.34. The van der Waals surface area contributed by atoms with Gasteiger partial charge in [-0.05, 0) is 24.3 Å². The second kappa shape index (κ2) is 6.62. The number of nitrogens with two attached hydrogens (primary N) is 1. The van der Waals surface area contributed by atoms with E-state index in [0.717, 1.165) is 17.3 Å². The third kappa shape index (κ3) is 3.23. The SMILES string of the molecule is COc1c(Nc2nc3c(ccc4c3ncn4C)s2)cc(C(N)=O)cc1C(F)(F)F. The number of carbonyl (C=O) groups is 1. The van der Waals surface area contributed by atoms with Crippen LogP contribution in [0.2, 0.25) is 0 Å². The molecule has 1 amide bonds. The van der Waals surface area contributed by atoms with Crippen molar-refractivity contribution in [3.05, 3.63) is 41.7 Å². The number of thiazole rings is 1. The summed E-state index contributed by atoms with van der Waals surface area (Å²) in [7, 11) is 2.97. The Labute approximate surface area is 165 Å². The van der Waals surface area contributed by atoms with E-state index in [2.05, 4.69) is 15.3 Å². The van der Waals surface area contributed by atoms with E-state index in [1.54, 1.807) is 6.33 Å². The number of primary amides is 1. The highest BCUT2D eigenvalue weighted by Crippen LogP contribution is 2.43. The van der Waals surface area contributed by atoms with Gasteiger partial charge in [0, 0.05) is 12.6 Å². The average Bonchev–Trinajstić information content (AvgIpc) is 3.23. The number of nitrogens with one attached hydrogen (secondary N) is 1. The number of rotatable bonds is 4. The number of ether oxygens (including phenoxy) is 1. The Balaban J connectivity index is 1.86. The molecule has 0 aliphatic carbocycles. The number of methoxy groups -OCH3 is 1. The van der Waals surface area contributed by atoms with Crippen LogP contribution in [0.3, 0.4) is 0 Å². The van der Waals surface area contributed by atoms with E-state index < -0.39 is 23.4 Å². The summed E-state index contributed by atoms with van der Waals surface area (Å²) in [5.41, 5.74) is 5.92.